The summed E-state index contributed by atoms with van der Waals surface area (Å²) in [6.07, 6.45) is 1.63. The molecule has 4 rings (SSSR count). The number of nitrogens with one attached hydrogen (secondary N) is 1. The van der Waals surface area contributed by atoms with Gasteiger partial charge in [-0.25, -0.2) is 4.79 Å². The molecule has 3 aromatic rings. The monoisotopic (exact) mass is 488 g/mol. The molecule has 8 nitrogen and oxygen atoms in total. The van der Waals surface area contributed by atoms with Gasteiger partial charge in [-0.2, -0.15) is 4.68 Å². The van der Waals surface area contributed by atoms with E-state index in [1.807, 2.05) is 32.9 Å². The van der Waals surface area contributed by atoms with Crippen molar-refractivity contribution in [1.29, 1.82) is 0 Å². The smallest absolute Gasteiger partial charge is 0.349 e. The number of carbonyl (C=O) groups excluding carboxylic acids is 1. The number of ketones is 1. The molecule has 0 saturated heterocycles. The van der Waals surface area contributed by atoms with Gasteiger partial charge in [-0.15, -0.1) is 5.10 Å². The molecule has 0 bridgehead atoms. The van der Waals surface area contributed by atoms with E-state index in [4.69, 9.17) is 33.7 Å². The van der Waals surface area contributed by atoms with Crippen molar-refractivity contribution in [1.82, 2.24) is 14.8 Å². The number of hydrogen-bond donors (Lipinski definition) is 2. The highest BCUT2D eigenvalue weighted by Gasteiger charge is 2.52. The Labute approximate surface area is 199 Å². The number of ether oxygens (including phenoxy) is 1. The second-order valence-electron chi connectivity index (χ2n) is 8.47. The van der Waals surface area contributed by atoms with E-state index in [0.29, 0.717) is 5.75 Å². The molecule has 1 heterocycles. The van der Waals surface area contributed by atoms with Crippen molar-refractivity contribution in [3.63, 3.8) is 0 Å². The van der Waals surface area contributed by atoms with Crippen LogP contribution in [0.15, 0.2) is 39.9 Å². The average Bonchev–Trinajstić information content (AvgIpc) is 3.55. The minimum Gasteiger partial charge on any atom is -0.454 e. The van der Waals surface area contributed by atoms with Gasteiger partial charge in [0.1, 0.15) is 11.5 Å². The summed E-state index contributed by atoms with van der Waals surface area (Å²) in [4.78, 5) is 38.5. The zero-order valence-electron chi connectivity index (χ0n) is 18.2. The van der Waals surface area contributed by atoms with E-state index < -0.39 is 16.7 Å². The average molecular weight is 489 g/mol. The summed E-state index contributed by atoms with van der Waals surface area (Å²) in [5, 5.41) is 4.02. The number of H-pyrrole nitrogens is 1. The van der Waals surface area contributed by atoms with Crippen molar-refractivity contribution >= 4 is 34.8 Å². The number of carbonyl (C=O) groups is 1. The number of anilines is 1. The van der Waals surface area contributed by atoms with E-state index in [-0.39, 0.29) is 39.0 Å². The van der Waals surface area contributed by atoms with Crippen molar-refractivity contribution < 1.29 is 9.53 Å². The maximum absolute atomic E-state index is 12.9. The van der Waals surface area contributed by atoms with Crippen LogP contribution in [-0.2, 0) is 10.2 Å². The molecule has 1 aliphatic rings. The molecule has 3 N–H and O–H groups in total. The second kappa shape index (κ2) is 8.35. The van der Waals surface area contributed by atoms with Crippen molar-refractivity contribution in [2.24, 2.45) is 5.92 Å². The van der Waals surface area contributed by atoms with Gasteiger partial charge in [-0.1, -0.05) is 43.1 Å². The van der Waals surface area contributed by atoms with Crippen LogP contribution in [-0.4, -0.2) is 20.5 Å². The number of aromatic amines is 1. The van der Waals surface area contributed by atoms with Gasteiger partial charge >= 0.3 is 5.69 Å². The lowest BCUT2D eigenvalue weighted by Gasteiger charge is -2.20. The Morgan fingerprint density at radius 3 is 2.39 bits per heavy atom. The van der Waals surface area contributed by atoms with E-state index in [2.05, 4.69) is 10.1 Å². The van der Waals surface area contributed by atoms with Gasteiger partial charge in [0.2, 0.25) is 5.82 Å². The van der Waals surface area contributed by atoms with Crippen LogP contribution in [0.25, 0.3) is 5.69 Å². The summed E-state index contributed by atoms with van der Waals surface area (Å²) in [7, 11) is 0. The molecule has 172 valence electrons. The number of rotatable bonds is 6. The van der Waals surface area contributed by atoms with E-state index in [1.165, 1.54) is 12.1 Å². The topological polar surface area (TPSA) is 120 Å². The van der Waals surface area contributed by atoms with Gasteiger partial charge < -0.3 is 10.5 Å². The van der Waals surface area contributed by atoms with Crippen molar-refractivity contribution in [2.45, 2.75) is 39.0 Å². The first-order valence-electron chi connectivity index (χ1n) is 10.4. The van der Waals surface area contributed by atoms with Gasteiger partial charge in [-0.05, 0) is 55.2 Å². The predicted molar refractivity (Wildman–Crippen MR) is 127 cm³/mol. The summed E-state index contributed by atoms with van der Waals surface area (Å²) in [6.45, 7) is 5.80. The quantitative estimate of drug-likeness (QED) is 0.537. The SMILES string of the molecule is Cc1ccc(Oc2c(Cl)cc(-n3nc(N)c(=O)[nH]c3=O)cc2Cl)cc1C1(C(=O)C(C)C)CC1. The molecule has 1 fully saturated rings. The maximum Gasteiger partial charge on any atom is 0.349 e. The summed E-state index contributed by atoms with van der Waals surface area (Å²) in [5.41, 5.74) is 5.64. The number of aryl methyl sites for hydroxylation is 1. The van der Waals surface area contributed by atoms with Crippen LogP contribution in [0.2, 0.25) is 10.0 Å². The Kier molecular flexibility index (Phi) is 5.84. The van der Waals surface area contributed by atoms with Crippen LogP contribution in [0, 0.1) is 12.8 Å². The van der Waals surface area contributed by atoms with Crippen LogP contribution in [0.4, 0.5) is 5.82 Å². The van der Waals surface area contributed by atoms with Crippen molar-refractivity contribution in [3.8, 4) is 17.2 Å². The lowest BCUT2D eigenvalue weighted by Crippen LogP contribution is -2.33. The van der Waals surface area contributed by atoms with Crippen molar-refractivity contribution in [3.05, 3.63) is 72.3 Å². The lowest BCUT2D eigenvalue weighted by atomic mass is 9.83. The number of nitrogen functional groups attached to an aromatic ring is 1. The molecular weight excluding hydrogens is 467 g/mol. The second-order valence-corrected chi connectivity index (χ2v) is 9.29. The Bertz CT molecular complexity index is 1370. The van der Waals surface area contributed by atoms with Crippen LogP contribution in [0.5, 0.6) is 11.5 Å². The molecule has 0 radical (unpaired) electrons. The normalized spacial score (nSPS) is 14.4. The number of aromatic nitrogens is 3. The standard InChI is InChI=1S/C23H22Cl2N4O4/c1-11(2)19(30)23(6-7-23)15-10-14(5-4-12(15)3)33-18-16(24)8-13(9-17(18)25)29-22(32)27-21(31)20(26)28-29/h4-5,8-11H,6-7H2,1-3H3,(H2,26,28)(H,27,31,32). The van der Waals surface area contributed by atoms with Crippen LogP contribution >= 0.6 is 23.2 Å². The zero-order chi connectivity index (χ0) is 24.1. The van der Waals surface area contributed by atoms with E-state index in [0.717, 1.165) is 28.7 Å². The fourth-order valence-corrected chi connectivity index (χ4v) is 4.53. The minimum atomic E-state index is -0.789. The molecular formula is C23H22Cl2N4O4. The first kappa shape index (κ1) is 23.1. The molecule has 0 atom stereocenters. The number of halogens is 2. The Balaban J connectivity index is 1.70. The Morgan fingerprint density at radius 2 is 1.82 bits per heavy atom. The molecule has 0 aliphatic heterocycles. The number of hydrogen-bond acceptors (Lipinski definition) is 6. The third kappa shape index (κ3) is 4.16. The molecule has 0 spiro atoms. The van der Waals surface area contributed by atoms with Gasteiger partial charge in [0, 0.05) is 5.92 Å². The number of Topliss-reactive ketones (excluding diaryl/α,β-unsaturated/α-hetero) is 1. The molecule has 1 aromatic heterocycles. The van der Waals surface area contributed by atoms with E-state index in [1.54, 1.807) is 6.07 Å². The zero-order valence-corrected chi connectivity index (χ0v) is 19.8. The summed E-state index contributed by atoms with van der Waals surface area (Å²) < 4.78 is 6.88. The summed E-state index contributed by atoms with van der Waals surface area (Å²) in [5.74, 6) is 0.452. The molecule has 1 saturated carbocycles. The van der Waals surface area contributed by atoms with Gasteiger partial charge in [0.15, 0.2) is 5.75 Å². The summed E-state index contributed by atoms with van der Waals surface area (Å²) >= 11 is 12.8. The highest BCUT2D eigenvalue weighted by Crippen LogP contribution is 2.52. The van der Waals surface area contributed by atoms with Crippen LogP contribution < -0.4 is 21.7 Å². The summed E-state index contributed by atoms with van der Waals surface area (Å²) in [6, 6.07) is 8.40. The van der Waals surface area contributed by atoms with Crippen molar-refractivity contribution in [2.75, 3.05) is 5.73 Å². The van der Waals surface area contributed by atoms with Gasteiger partial charge in [0.05, 0.1) is 21.1 Å². The number of benzene rings is 2. The largest absolute Gasteiger partial charge is 0.454 e. The Hall–Kier alpha value is -3.10. The first-order valence-corrected chi connectivity index (χ1v) is 11.1. The molecule has 0 unspecified atom stereocenters. The number of nitrogens with zero attached hydrogens (tertiary/aromatic N) is 2. The molecule has 2 aromatic carbocycles. The third-order valence-electron chi connectivity index (χ3n) is 5.77. The van der Waals surface area contributed by atoms with Gasteiger partial charge in [0.25, 0.3) is 5.56 Å². The van der Waals surface area contributed by atoms with E-state index >= 15 is 0 Å². The molecule has 1 aliphatic carbocycles. The fourth-order valence-electron chi connectivity index (χ4n) is 3.98. The molecule has 0 amide bonds. The van der Waals surface area contributed by atoms with E-state index in [9.17, 15) is 14.4 Å². The fraction of sp³-hybridized carbons (Fsp3) is 0.304. The minimum absolute atomic E-state index is 0.0631. The van der Waals surface area contributed by atoms with Crippen LogP contribution in [0.3, 0.4) is 0 Å². The Morgan fingerprint density at radius 1 is 1.18 bits per heavy atom. The number of nitrogens with two attached hydrogens (primary N) is 1. The highest BCUT2D eigenvalue weighted by atomic mass is 35.5. The first-order chi connectivity index (χ1) is 15.5. The highest BCUT2D eigenvalue weighted by molar-refractivity contribution is 6.37. The predicted octanol–water partition coefficient (Wildman–Crippen LogP) is 4.17. The lowest BCUT2D eigenvalue weighted by molar-refractivity contribution is -0.124. The maximum atomic E-state index is 12.9. The molecule has 10 heteroatoms. The van der Waals surface area contributed by atoms with Crippen LogP contribution in [0.1, 0.15) is 37.8 Å². The third-order valence-corrected chi connectivity index (χ3v) is 6.33. The van der Waals surface area contributed by atoms with Gasteiger partial charge in [-0.3, -0.25) is 14.6 Å². The molecule has 33 heavy (non-hydrogen) atoms.